The molecule has 0 fully saturated rings. The van der Waals surface area contributed by atoms with E-state index in [0.29, 0.717) is 0 Å². The highest BCUT2D eigenvalue weighted by molar-refractivity contribution is 5.40. The van der Waals surface area contributed by atoms with Crippen LogP contribution in [0, 0.1) is 0 Å². The first-order chi connectivity index (χ1) is 7.69. The summed E-state index contributed by atoms with van der Waals surface area (Å²) in [4.78, 5) is 4.23. The molecule has 2 N–H and O–H groups in total. The van der Waals surface area contributed by atoms with Crippen LogP contribution < -0.4 is 10.1 Å². The molecule has 0 aliphatic heterocycles. The Bertz CT molecular complexity index is 299. The molecule has 0 saturated heterocycles. The van der Waals surface area contributed by atoms with E-state index in [1.54, 1.807) is 13.3 Å². The summed E-state index contributed by atoms with van der Waals surface area (Å²) >= 11 is 0. The molecule has 0 saturated carbocycles. The number of nitrogens with one attached hydrogen (secondary N) is 1. The number of hydrogen-bond donors (Lipinski definition) is 2. The molecule has 1 heterocycles. The van der Waals surface area contributed by atoms with Gasteiger partial charge in [0.1, 0.15) is 11.6 Å². The van der Waals surface area contributed by atoms with Crippen LogP contribution in [0.5, 0.6) is 5.75 Å². The Morgan fingerprint density at radius 2 is 2.06 bits per heavy atom. The van der Waals surface area contributed by atoms with Gasteiger partial charge in [-0.1, -0.05) is 13.8 Å². The van der Waals surface area contributed by atoms with Crippen LogP contribution >= 0.6 is 0 Å². The van der Waals surface area contributed by atoms with Crippen LogP contribution in [-0.4, -0.2) is 29.3 Å². The van der Waals surface area contributed by atoms with Crippen molar-refractivity contribution in [2.45, 2.75) is 32.2 Å². The van der Waals surface area contributed by atoms with Gasteiger partial charge < -0.3 is 15.2 Å². The van der Waals surface area contributed by atoms with Crippen LogP contribution in [0.25, 0.3) is 0 Å². The van der Waals surface area contributed by atoms with Crippen molar-refractivity contribution in [3.05, 3.63) is 18.3 Å². The van der Waals surface area contributed by atoms with Crippen LogP contribution in [0.4, 0.5) is 5.82 Å². The minimum absolute atomic E-state index is 0.105. The molecule has 4 heteroatoms. The number of hydrogen-bond acceptors (Lipinski definition) is 4. The number of aromatic nitrogens is 1. The van der Waals surface area contributed by atoms with E-state index in [9.17, 15) is 5.11 Å². The second kappa shape index (κ2) is 5.70. The molecule has 0 aliphatic carbocycles. The summed E-state index contributed by atoms with van der Waals surface area (Å²) in [6, 6.07) is 3.71. The highest BCUT2D eigenvalue weighted by Crippen LogP contribution is 2.21. The van der Waals surface area contributed by atoms with E-state index >= 15 is 0 Å². The van der Waals surface area contributed by atoms with Crippen LogP contribution in [0.15, 0.2) is 18.3 Å². The van der Waals surface area contributed by atoms with E-state index in [0.717, 1.165) is 24.4 Å². The first-order valence-corrected chi connectivity index (χ1v) is 5.58. The molecule has 1 aromatic rings. The Balaban J connectivity index is 2.77. The SMILES string of the molecule is CCC(CC)(CO)Nc1ccc(OC)cn1. The fourth-order valence-corrected chi connectivity index (χ4v) is 1.54. The third kappa shape index (κ3) is 2.85. The molecule has 0 amide bonds. The van der Waals surface area contributed by atoms with Gasteiger partial charge >= 0.3 is 0 Å². The largest absolute Gasteiger partial charge is 0.495 e. The molecule has 0 unspecified atom stereocenters. The average Bonchev–Trinajstić information content (AvgIpc) is 2.37. The minimum Gasteiger partial charge on any atom is -0.495 e. The predicted octanol–water partition coefficient (Wildman–Crippen LogP) is 2.05. The van der Waals surface area contributed by atoms with Crippen molar-refractivity contribution in [1.82, 2.24) is 4.98 Å². The molecular weight excluding hydrogens is 204 g/mol. The zero-order valence-corrected chi connectivity index (χ0v) is 10.2. The molecular formula is C12H20N2O2. The Kier molecular flexibility index (Phi) is 4.55. The number of aliphatic hydroxyl groups excluding tert-OH is 1. The third-order valence-corrected chi connectivity index (χ3v) is 3.02. The van der Waals surface area contributed by atoms with Gasteiger partial charge in [0.15, 0.2) is 0 Å². The Morgan fingerprint density at radius 1 is 1.38 bits per heavy atom. The number of rotatable bonds is 6. The number of methoxy groups -OCH3 is 1. The zero-order valence-electron chi connectivity index (χ0n) is 10.2. The zero-order chi connectivity index (χ0) is 12.0. The molecule has 90 valence electrons. The molecule has 4 nitrogen and oxygen atoms in total. The lowest BCUT2D eigenvalue weighted by Crippen LogP contribution is -2.41. The second-order valence-electron chi connectivity index (χ2n) is 3.85. The Morgan fingerprint density at radius 3 is 2.44 bits per heavy atom. The maximum absolute atomic E-state index is 9.42. The van der Waals surface area contributed by atoms with Gasteiger partial charge in [0.2, 0.25) is 0 Å². The van der Waals surface area contributed by atoms with Crippen molar-refractivity contribution < 1.29 is 9.84 Å². The van der Waals surface area contributed by atoms with Crippen LogP contribution in [0.3, 0.4) is 0 Å². The van der Waals surface area contributed by atoms with Gasteiger partial charge in [-0.2, -0.15) is 0 Å². The normalized spacial score (nSPS) is 11.2. The summed E-state index contributed by atoms with van der Waals surface area (Å²) in [6.45, 7) is 4.21. The van der Waals surface area contributed by atoms with Crippen molar-refractivity contribution in [3.63, 3.8) is 0 Å². The van der Waals surface area contributed by atoms with Gasteiger partial charge in [-0.3, -0.25) is 0 Å². The minimum atomic E-state index is -0.276. The van der Waals surface area contributed by atoms with Crippen molar-refractivity contribution in [2.75, 3.05) is 19.0 Å². The van der Waals surface area contributed by atoms with Crippen LogP contribution in [0.1, 0.15) is 26.7 Å². The average molecular weight is 224 g/mol. The lowest BCUT2D eigenvalue weighted by atomic mass is 9.94. The van der Waals surface area contributed by atoms with E-state index in [2.05, 4.69) is 24.1 Å². The first kappa shape index (κ1) is 12.8. The van der Waals surface area contributed by atoms with Crippen LogP contribution in [0.2, 0.25) is 0 Å². The molecule has 16 heavy (non-hydrogen) atoms. The van der Waals surface area contributed by atoms with Crippen molar-refractivity contribution in [2.24, 2.45) is 0 Å². The Hall–Kier alpha value is -1.29. The number of aliphatic hydroxyl groups is 1. The number of nitrogens with zero attached hydrogens (tertiary/aromatic N) is 1. The lowest BCUT2D eigenvalue weighted by molar-refractivity contribution is 0.202. The topological polar surface area (TPSA) is 54.4 Å². The monoisotopic (exact) mass is 224 g/mol. The van der Waals surface area contributed by atoms with Crippen molar-refractivity contribution in [3.8, 4) is 5.75 Å². The summed E-state index contributed by atoms with van der Waals surface area (Å²) in [6.07, 6.45) is 3.37. The lowest BCUT2D eigenvalue weighted by Gasteiger charge is -2.31. The van der Waals surface area contributed by atoms with E-state index in [1.165, 1.54) is 0 Å². The maximum Gasteiger partial charge on any atom is 0.137 e. The van der Waals surface area contributed by atoms with E-state index in [1.807, 2.05) is 12.1 Å². The molecule has 0 bridgehead atoms. The fraction of sp³-hybridized carbons (Fsp3) is 0.583. The van der Waals surface area contributed by atoms with E-state index < -0.39 is 0 Å². The van der Waals surface area contributed by atoms with E-state index in [4.69, 9.17) is 4.74 Å². The fourth-order valence-electron chi connectivity index (χ4n) is 1.54. The van der Waals surface area contributed by atoms with Crippen LogP contribution in [-0.2, 0) is 0 Å². The predicted molar refractivity (Wildman–Crippen MR) is 64.8 cm³/mol. The van der Waals surface area contributed by atoms with Gasteiger partial charge in [-0.25, -0.2) is 4.98 Å². The molecule has 0 atom stereocenters. The smallest absolute Gasteiger partial charge is 0.137 e. The maximum atomic E-state index is 9.42. The third-order valence-electron chi connectivity index (χ3n) is 3.02. The molecule has 0 spiro atoms. The standard InChI is InChI=1S/C12H20N2O2/c1-4-12(5-2,9-15)14-11-7-6-10(16-3)8-13-11/h6-8,15H,4-5,9H2,1-3H3,(H,13,14). The number of pyridine rings is 1. The molecule has 1 aromatic heterocycles. The summed E-state index contributed by atoms with van der Waals surface area (Å²) in [5.74, 6) is 1.49. The number of ether oxygens (including phenoxy) is 1. The quantitative estimate of drug-likeness (QED) is 0.776. The molecule has 0 aliphatic rings. The summed E-state index contributed by atoms with van der Waals surface area (Å²) in [5, 5.41) is 12.7. The summed E-state index contributed by atoms with van der Waals surface area (Å²) < 4.78 is 5.04. The van der Waals surface area contributed by atoms with Gasteiger partial charge in [0.25, 0.3) is 0 Å². The van der Waals surface area contributed by atoms with E-state index in [-0.39, 0.29) is 12.1 Å². The van der Waals surface area contributed by atoms with Crippen molar-refractivity contribution >= 4 is 5.82 Å². The second-order valence-corrected chi connectivity index (χ2v) is 3.85. The Labute approximate surface area is 96.7 Å². The summed E-state index contributed by atoms with van der Waals surface area (Å²) in [5.41, 5.74) is -0.276. The highest BCUT2D eigenvalue weighted by Gasteiger charge is 2.24. The molecule has 0 aromatic carbocycles. The van der Waals surface area contributed by atoms with Gasteiger partial charge in [0.05, 0.1) is 25.5 Å². The molecule has 1 rings (SSSR count). The highest BCUT2D eigenvalue weighted by atomic mass is 16.5. The first-order valence-electron chi connectivity index (χ1n) is 5.58. The molecule has 0 radical (unpaired) electrons. The van der Waals surface area contributed by atoms with Crippen molar-refractivity contribution in [1.29, 1.82) is 0 Å². The number of anilines is 1. The van der Waals surface area contributed by atoms with Gasteiger partial charge in [0, 0.05) is 0 Å². The van der Waals surface area contributed by atoms with Gasteiger partial charge in [-0.05, 0) is 25.0 Å². The summed E-state index contributed by atoms with van der Waals surface area (Å²) in [7, 11) is 1.61. The van der Waals surface area contributed by atoms with Gasteiger partial charge in [-0.15, -0.1) is 0 Å².